The Morgan fingerprint density at radius 1 is 1.50 bits per heavy atom. The molecule has 0 aliphatic heterocycles. The van der Waals surface area contributed by atoms with Gasteiger partial charge in [0.25, 0.3) is 0 Å². The van der Waals surface area contributed by atoms with E-state index in [2.05, 4.69) is 9.59 Å². The van der Waals surface area contributed by atoms with Gasteiger partial charge in [-0.05, 0) is 17.6 Å². The molecular formula is C7H7N3OS. The van der Waals surface area contributed by atoms with E-state index in [1.165, 1.54) is 11.5 Å². The summed E-state index contributed by atoms with van der Waals surface area (Å²) in [4.78, 5) is 0. The molecule has 1 heterocycles. The molecule has 0 bridgehead atoms. The molecule has 0 fully saturated rings. The maximum Gasteiger partial charge on any atom is 0.143 e. The molecule has 2 aromatic rings. The van der Waals surface area contributed by atoms with Crippen LogP contribution < -0.4 is 10.5 Å². The maximum atomic E-state index is 5.67. The molecule has 1 aromatic heterocycles. The average molecular weight is 181 g/mol. The van der Waals surface area contributed by atoms with Gasteiger partial charge in [0.2, 0.25) is 0 Å². The summed E-state index contributed by atoms with van der Waals surface area (Å²) in [7, 11) is 1.59. The van der Waals surface area contributed by atoms with E-state index in [0.717, 1.165) is 10.2 Å². The van der Waals surface area contributed by atoms with Gasteiger partial charge in [-0.2, -0.15) is 0 Å². The van der Waals surface area contributed by atoms with Crippen molar-refractivity contribution in [3.8, 4) is 5.75 Å². The van der Waals surface area contributed by atoms with Crippen molar-refractivity contribution in [2.75, 3.05) is 12.8 Å². The normalized spacial score (nSPS) is 10.4. The molecule has 0 atom stereocenters. The topological polar surface area (TPSA) is 61.0 Å². The minimum Gasteiger partial charge on any atom is -0.495 e. The Hall–Kier alpha value is -1.36. The molecule has 0 saturated heterocycles. The van der Waals surface area contributed by atoms with E-state index in [-0.39, 0.29) is 0 Å². The van der Waals surface area contributed by atoms with E-state index in [9.17, 15) is 0 Å². The number of nitrogen functional groups attached to an aromatic ring is 1. The quantitative estimate of drug-likeness (QED) is 0.673. The van der Waals surface area contributed by atoms with E-state index in [4.69, 9.17) is 10.5 Å². The van der Waals surface area contributed by atoms with Crippen molar-refractivity contribution >= 4 is 27.4 Å². The number of nitrogens with zero attached hydrogens (tertiary/aromatic N) is 2. The van der Waals surface area contributed by atoms with Crippen molar-refractivity contribution in [3.05, 3.63) is 12.1 Å². The number of rotatable bonds is 1. The molecule has 0 aliphatic carbocycles. The molecule has 4 nitrogen and oxygen atoms in total. The van der Waals surface area contributed by atoms with Crippen LogP contribution in [0.3, 0.4) is 0 Å². The molecule has 0 unspecified atom stereocenters. The van der Waals surface area contributed by atoms with Crippen molar-refractivity contribution < 1.29 is 4.74 Å². The van der Waals surface area contributed by atoms with Gasteiger partial charge in [-0.3, -0.25) is 0 Å². The van der Waals surface area contributed by atoms with Crippen molar-refractivity contribution in [1.82, 2.24) is 9.59 Å². The lowest BCUT2D eigenvalue weighted by molar-refractivity contribution is 0.417. The highest BCUT2D eigenvalue weighted by Crippen LogP contribution is 2.28. The van der Waals surface area contributed by atoms with Crippen LogP contribution in [0.1, 0.15) is 0 Å². The van der Waals surface area contributed by atoms with E-state index < -0.39 is 0 Å². The van der Waals surface area contributed by atoms with Crippen molar-refractivity contribution in [3.63, 3.8) is 0 Å². The van der Waals surface area contributed by atoms with Crippen LogP contribution >= 0.6 is 11.5 Å². The highest BCUT2D eigenvalue weighted by atomic mass is 32.1. The Morgan fingerprint density at radius 3 is 3.08 bits per heavy atom. The first-order chi connectivity index (χ1) is 5.81. The lowest BCUT2D eigenvalue weighted by atomic mass is 10.3. The van der Waals surface area contributed by atoms with Crippen molar-refractivity contribution in [2.24, 2.45) is 0 Å². The molecule has 1 aromatic carbocycles. The Bertz CT molecular complexity index is 412. The molecule has 2 N–H and O–H groups in total. The Kier molecular flexibility index (Phi) is 1.58. The number of methoxy groups -OCH3 is 1. The summed E-state index contributed by atoms with van der Waals surface area (Å²) in [6.45, 7) is 0. The lowest BCUT2D eigenvalue weighted by Crippen LogP contribution is -1.91. The Morgan fingerprint density at radius 2 is 2.33 bits per heavy atom. The zero-order valence-corrected chi connectivity index (χ0v) is 7.26. The monoisotopic (exact) mass is 181 g/mol. The van der Waals surface area contributed by atoms with Crippen LogP contribution in [0.4, 0.5) is 5.69 Å². The Labute approximate surface area is 73.1 Å². The standard InChI is InChI=1S/C7H7N3OS/c1-11-6-3-7-5(2-4(6)8)9-10-12-7/h2-3H,8H2,1H3. The summed E-state index contributed by atoms with van der Waals surface area (Å²) in [6.07, 6.45) is 0. The highest BCUT2D eigenvalue weighted by Gasteiger charge is 2.04. The third kappa shape index (κ3) is 0.984. The minimum absolute atomic E-state index is 0.595. The second-order valence-electron chi connectivity index (χ2n) is 2.33. The van der Waals surface area contributed by atoms with Gasteiger partial charge in [0, 0.05) is 6.07 Å². The van der Waals surface area contributed by atoms with Crippen molar-refractivity contribution in [2.45, 2.75) is 0 Å². The van der Waals surface area contributed by atoms with Crippen molar-refractivity contribution in [1.29, 1.82) is 0 Å². The first-order valence-corrected chi connectivity index (χ1v) is 4.14. The fourth-order valence-electron chi connectivity index (χ4n) is 1.00. The van der Waals surface area contributed by atoms with Gasteiger partial charge in [0.15, 0.2) is 0 Å². The van der Waals surface area contributed by atoms with Gasteiger partial charge in [0.1, 0.15) is 11.3 Å². The molecule has 0 amide bonds. The number of ether oxygens (including phenoxy) is 1. The van der Waals surface area contributed by atoms with Crippen LogP contribution in [0, 0.1) is 0 Å². The second kappa shape index (κ2) is 2.60. The molecule has 12 heavy (non-hydrogen) atoms. The maximum absolute atomic E-state index is 5.67. The van der Waals surface area contributed by atoms with E-state index in [1.54, 1.807) is 13.2 Å². The first-order valence-electron chi connectivity index (χ1n) is 3.37. The summed E-state index contributed by atoms with van der Waals surface area (Å²) in [5.41, 5.74) is 7.08. The smallest absolute Gasteiger partial charge is 0.143 e. The van der Waals surface area contributed by atoms with Gasteiger partial charge in [0.05, 0.1) is 17.5 Å². The zero-order chi connectivity index (χ0) is 8.55. The predicted octanol–water partition coefficient (Wildman–Crippen LogP) is 1.28. The molecular weight excluding hydrogens is 174 g/mol. The number of hydrogen-bond acceptors (Lipinski definition) is 5. The minimum atomic E-state index is 0.595. The van der Waals surface area contributed by atoms with Crippen LogP contribution in [0.15, 0.2) is 12.1 Å². The van der Waals surface area contributed by atoms with Gasteiger partial charge < -0.3 is 10.5 Å². The highest BCUT2D eigenvalue weighted by molar-refractivity contribution is 7.12. The van der Waals surface area contributed by atoms with Crippen LogP contribution in [-0.2, 0) is 0 Å². The summed E-state index contributed by atoms with van der Waals surface area (Å²) >= 11 is 1.33. The van der Waals surface area contributed by atoms with E-state index in [1.807, 2.05) is 6.07 Å². The zero-order valence-electron chi connectivity index (χ0n) is 6.44. The third-order valence-electron chi connectivity index (χ3n) is 1.60. The molecule has 0 aliphatic rings. The van der Waals surface area contributed by atoms with E-state index >= 15 is 0 Å². The number of benzene rings is 1. The molecule has 62 valence electrons. The number of hydrogen-bond donors (Lipinski definition) is 1. The summed E-state index contributed by atoms with van der Waals surface area (Å²) in [5, 5.41) is 3.89. The Balaban J connectivity index is 2.73. The number of anilines is 1. The SMILES string of the molecule is COc1cc2snnc2cc1N. The summed E-state index contributed by atoms with van der Waals surface area (Å²) in [6, 6.07) is 3.60. The van der Waals surface area contributed by atoms with Gasteiger partial charge in [-0.15, -0.1) is 5.10 Å². The van der Waals surface area contributed by atoms with Gasteiger partial charge >= 0.3 is 0 Å². The summed E-state index contributed by atoms with van der Waals surface area (Å²) < 4.78 is 9.83. The van der Waals surface area contributed by atoms with E-state index in [0.29, 0.717) is 11.4 Å². The predicted molar refractivity (Wildman–Crippen MR) is 48.4 cm³/mol. The number of aromatic nitrogens is 2. The lowest BCUT2D eigenvalue weighted by Gasteiger charge is -2.01. The fraction of sp³-hybridized carbons (Fsp3) is 0.143. The number of nitrogens with two attached hydrogens (primary N) is 1. The average Bonchev–Trinajstić information content (AvgIpc) is 2.49. The molecule has 0 saturated carbocycles. The van der Waals surface area contributed by atoms with Crippen LogP contribution in [-0.4, -0.2) is 16.7 Å². The fourth-order valence-corrected chi connectivity index (χ4v) is 1.57. The molecule has 2 rings (SSSR count). The molecule has 5 heteroatoms. The molecule has 0 radical (unpaired) electrons. The molecule has 0 spiro atoms. The second-order valence-corrected chi connectivity index (χ2v) is 3.12. The van der Waals surface area contributed by atoms with Gasteiger partial charge in [-0.25, -0.2) is 0 Å². The largest absolute Gasteiger partial charge is 0.495 e. The van der Waals surface area contributed by atoms with Crippen LogP contribution in [0.25, 0.3) is 10.2 Å². The first kappa shape index (κ1) is 7.30. The van der Waals surface area contributed by atoms with Crippen LogP contribution in [0.5, 0.6) is 5.75 Å². The van der Waals surface area contributed by atoms with Gasteiger partial charge in [-0.1, -0.05) is 4.49 Å². The summed E-state index contributed by atoms with van der Waals surface area (Å²) in [5.74, 6) is 0.675. The number of fused-ring (bicyclic) bond motifs is 1. The van der Waals surface area contributed by atoms with Crippen LogP contribution in [0.2, 0.25) is 0 Å². The third-order valence-corrected chi connectivity index (χ3v) is 2.29.